The zero-order chi connectivity index (χ0) is 32.5. The molecule has 45 heavy (non-hydrogen) atoms. The molecule has 2 fully saturated rings. The molecular formula is C34H43ClN4O6. The highest BCUT2D eigenvalue weighted by Gasteiger charge is 2.50. The van der Waals surface area contributed by atoms with E-state index in [2.05, 4.69) is 5.32 Å². The lowest BCUT2D eigenvalue weighted by atomic mass is 9.80. The number of carboxylic acid groups (broad SMARTS) is 1. The number of carbonyl (C=O) groups is 4. The van der Waals surface area contributed by atoms with Crippen LogP contribution in [0.15, 0.2) is 48.5 Å². The number of aryl methyl sites for hydroxylation is 1. The maximum absolute atomic E-state index is 14.3. The number of ether oxygens (including phenoxy) is 1. The van der Waals surface area contributed by atoms with Gasteiger partial charge in [-0.1, -0.05) is 48.0 Å². The largest absolute Gasteiger partial charge is 0.481 e. The molecule has 2 unspecified atom stereocenters. The van der Waals surface area contributed by atoms with E-state index in [0.29, 0.717) is 37.3 Å². The molecule has 3 aliphatic rings. The van der Waals surface area contributed by atoms with Gasteiger partial charge in [-0.3, -0.25) is 24.1 Å². The van der Waals surface area contributed by atoms with Crippen molar-refractivity contribution in [1.82, 2.24) is 15.1 Å². The number of aliphatic carboxylic acids is 1. The summed E-state index contributed by atoms with van der Waals surface area (Å²) in [5.74, 6) is -2.92. The Morgan fingerprint density at radius 3 is 2.51 bits per heavy atom. The maximum atomic E-state index is 14.3. The van der Waals surface area contributed by atoms with Crippen molar-refractivity contribution < 1.29 is 29.0 Å². The molecule has 0 aromatic heterocycles. The van der Waals surface area contributed by atoms with Crippen molar-refractivity contribution >= 4 is 35.3 Å². The summed E-state index contributed by atoms with van der Waals surface area (Å²) in [4.78, 5) is 56.7. The standard InChI is InChI=1S/C34H43ClN4O6/c1-21(36)31(43)39-28(19-45-33(39,2)3)30(42)37-34(18-22-9-12-24(35)13-10-22)15-6-16-38(20-34)32(44)27(17-29(40)41)26-14-11-23-7-4-5-8-25(23)26/h4-5,7-10,12-13,21,26-28H,6,11,14-20,36H2,1-3H3,(H,37,42)(H,40,41)/t21?,26-,27?,28-,34+/m0/s1. The van der Waals surface area contributed by atoms with Crippen molar-refractivity contribution in [3.63, 3.8) is 0 Å². The lowest BCUT2D eigenvalue weighted by Gasteiger charge is -2.45. The van der Waals surface area contributed by atoms with Crippen LogP contribution in [0.25, 0.3) is 0 Å². The Labute approximate surface area is 269 Å². The molecule has 2 aliphatic heterocycles. The number of nitrogens with two attached hydrogens (primary N) is 1. The first-order chi connectivity index (χ1) is 21.3. The number of carboxylic acids is 1. The topological polar surface area (TPSA) is 142 Å². The Balaban J connectivity index is 1.44. The molecule has 3 amide bonds. The number of halogens is 1. The zero-order valence-corrected chi connectivity index (χ0v) is 26.9. The molecule has 11 heteroatoms. The summed E-state index contributed by atoms with van der Waals surface area (Å²) in [6.07, 6.45) is 2.85. The summed E-state index contributed by atoms with van der Waals surface area (Å²) in [6, 6.07) is 13.6. The fraction of sp³-hybridized carbons (Fsp3) is 0.529. The van der Waals surface area contributed by atoms with Gasteiger partial charge in [0.15, 0.2) is 0 Å². The molecule has 2 saturated heterocycles. The molecule has 242 valence electrons. The molecule has 2 aromatic carbocycles. The van der Waals surface area contributed by atoms with Gasteiger partial charge in [0.05, 0.1) is 30.5 Å². The van der Waals surface area contributed by atoms with Crippen LogP contribution in [0.4, 0.5) is 0 Å². The summed E-state index contributed by atoms with van der Waals surface area (Å²) in [5.41, 5.74) is 7.16. The van der Waals surface area contributed by atoms with Gasteiger partial charge in [-0.15, -0.1) is 0 Å². The molecule has 4 N–H and O–H groups in total. The Morgan fingerprint density at radius 1 is 1.11 bits per heavy atom. The predicted octanol–water partition coefficient (Wildman–Crippen LogP) is 3.49. The Morgan fingerprint density at radius 2 is 1.82 bits per heavy atom. The van der Waals surface area contributed by atoms with Crippen molar-refractivity contribution in [2.45, 2.75) is 88.6 Å². The van der Waals surface area contributed by atoms with E-state index in [0.717, 1.165) is 23.1 Å². The minimum absolute atomic E-state index is 0.0126. The first kappa shape index (κ1) is 32.9. The molecule has 0 saturated carbocycles. The normalized spacial score (nSPS) is 25.4. The number of benzene rings is 2. The van der Waals surface area contributed by atoms with Gasteiger partial charge in [0.1, 0.15) is 11.8 Å². The number of piperidine rings is 1. The number of rotatable bonds is 9. The van der Waals surface area contributed by atoms with Gasteiger partial charge >= 0.3 is 5.97 Å². The second-order valence-corrected chi connectivity index (χ2v) is 13.7. The molecule has 2 heterocycles. The molecule has 5 atom stereocenters. The predicted molar refractivity (Wildman–Crippen MR) is 169 cm³/mol. The van der Waals surface area contributed by atoms with Gasteiger partial charge in [-0.25, -0.2) is 0 Å². The van der Waals surface area contributed by atoms with Gasteiger partial charge in [0, 0.05) is 18.1 Å². The molecule has 2 aromatic rings. The zero-order valence-electron chi connectivity index (χ0n) is 26.1. The summed E-state index contributed by atoms with van der Waals surface area (Å²) >= 11 is 6.16. The van der Waals surface area contributed by atoms with Crippen LogP contribution in [0.3, 0.4) is 0 Å². The number of amides is 3. The van der Waals surface area contributed by atoms with Crippen molar-refractivity contribution in [3.05, 3.63) is 70.2 Å². The smallest absolute Gasteiger partial charge is 0.304 e. The second kappa shape index (κ2) is 13.1. The third-order valence-corrected chi connectivity index (χ3v) is 9.78. The first-order valence-corrected chi connectivity index (χ1v) is 16.1. The van der Waals surface area contributed by atoms with Gasteiger partial charge in [-0.2, -0.15) is 0 Å². The molecule has 5 rings (SSSR count). The number of nitrogens with one attached hydrogen (secondary N) is 1. The highest BCUT2D eigenvalue weighted by Crippen LogP contribution is 2.41. The van der Waals surface area contributed by atoms with Crippen molar-refractivity contribution in [1.29, 1.82) is 0 Å². The van der Waals surface area contributed by atoms with E-state index in [-0.39, 0.29) is 37.3 Å². The van der Waals surface area contributed by atoms with Crippen molar-refractivity contribution in [3.8, 4) is 0 Å². The van der Waals surface area contributed by atoms with Crippen LogP contribution < -0.4 is 11.1 Å². The highest BCUT2D eigenvalue weighted by atomic mass is 35.5. The van der Waals surface area contributed by atoms with Crippen molar-refractivity contribution in [2.24, 2.45) is 11.7 Å². The number of likely N-dealkylation sites (tertiary alicyclic amines) is 1. The Kier molecular flexibility index (Phi) is 9.58. The fourth-order valence-corrected chi connectivity index (χ4v) is 7.54. The van der Waals surface area contributed by atoms with E-state index in [9.17, 15) is 24.3 Å². The summed E-state index contributed by atoms with van der Waals surface area (Å²) < 4.78 is 5.88. The van der Waals surface area contributed by atoms with Crippen LogP contribution in [-0.2, 0) is 36.8 Å². The van der Waals surface area contributed by atoms with E-state index in [1.807, 2.05) is 36.4 Å². The molecule has 0 spiro atoms. The van der Waals surface area contributed by atoms with E-state index in [1.165, 1.54) is 4.90 Å². The number of carbonyl (C=O) groups excluding carboxylic acids is 3. The monoisotopic (exact) mass is 638 g/mol. The Hall–Kier alpha value is -3.47. The first-order valence-electron chi connectivity index (χ1n) is 15.7. The Bertz CT molecular complexity index is 1450. The molecular weight excluding hydrogens is 596 g/mol. The highest BCUT2D eigenvalue weighted by molar-refractivity contribution is 6.30. The van der Waals surface area contributed by atoms with Gasteiger partial charge in [0.2, 0.25) is 17.7 Å². The lowest BCUT2D eigenvalue weighted by molar-refractivity contribution is -0.151. The summed E-state index contributed by atoms with van der Waals surface area (Å²) in [7, 11) is 0. The summed E-state index contributed by atoms with van der Waals surface area (Å²) in [6.45, 7) is 5.70. The lowest BCUT2D eigenvalue weighted by Crippen LogP contribution is -2.65. The minimum atomic E-state index is -1.02. The molecule has 10 nitrogen and oxygen atoms in total. The number of hydrogen-bond donors (Lipinski definition) is 3. The number of hydrogen-bond acceptors (Lipinski definition) is 6. The third-order valence-electron chi connectivity index (χ3n) is 9.53. The van der Waals surface area contributed by atoms with Crippen LogP contribution >= 0.6 is 11.6 Å². The second-order valence-electron chi connectivity index (χ2n) is 13.3. The van der Waals surface area contributed by atoms with E-state index >= 15 is 0 Å². The van der Waals surface area contributed by atoms with Crippen LogP contribution in [0.5, 0.6) is 0 Å². The van der Waals surface area contributed by atoms with E-state index in [4.69, 9.17) is 22.1 Å². The number of nitrogens with zero attached hydrogens (tertiary/aromatic N) is 2. The van der Waals surface area contributed by atoms with Gasteiger partial charge in [-0.05, 0) is 87.6 Å². The van der Waals surface area contributed by atoms with E-state index < -0.39 is 41.1 Å². The van der Waals surface area contributed by atoms with Gasteiger partial charge < -0.3 is 25.8 Å². The van der Waals surface area contributed by atoms with Crippen molar-refractivity contribution in [2.75, 3.05) is 19.7 Å². The SMILES string of the molecule is CC(N)C(=O)N1[C@H](C(=O)N[C@@]2(Cc3ccc(Cl)cc3)CCCN(C(=O)C(CC(=O)O)[C@H]3CCc4ccccc43)C2)COC1(C)C. The maximum Gasteiger partial charge on any atom is 0.304 e. The van der Waals surface area contributed by atoms with Crippen LogP contribution in [-0.4, -0.2) is 81.6 Å². The molecule has 1 aliphatic carbocycles. The third kappa shape index (κ3) is 7.03. The van der Waals surface area contributed by atoms with Crippen LogP contribution in [0, 0.1) is 5.92 Å². The van der Waals surface area contributed by atoms with Gasteiger partial charge in [0.25, 0.3) is 0 Å². The quantitative estimate of drug-likeness (QED) is 0.382. The average molecular weight is 639 g/mol. The fourth-order valence-electron chi connectivity index (χ4n) is 7.41. The minimum Gasteiger partial charge on any atom is -0.481 e. The van der Waals surface area contributed by atoms with Crippen LogP contribution in [0.2, 0.25) is 5.02 Å². The molecule has 0 radical (unpaired) electrons. The van der Waals surface area contributed by atoms with E-state index in [1.54, 1.807) is 37.8 Å². The number of fused-ring (bicyclic) bond motifs is 1. The van der Waals surface area contributed by atoms with Crippen LogP contribution in [0.1, 0.15) is 69.1 Å². The summed E-state index contributed by atoms with van der Waals surface area (Å²) in [5, 5.41) is 13.7. The molecule has 0 bridgehead atoms. The average Bonchev–Trinajstić information content (AvgIpc) is 3.56.